The number of nitrogens with two attached hydrogens (primary N) is 1. The maximum Gasteiger partial charge on any atom is 0.209 e. The van der Waals surface area contributed by atoms with Crippen molar-refractivity contribution in [3.63, 3.8) is 0 Å². The molecular formula is C16H18N6. The standard InChI is InChI=1S/C16H18N6/c1-2-15(12-6-4-3-5-7-12)22-16(20-11-17)21-14-8-13(18)9-19-10-14/h3-10,15H,2,18H2,1H3,(H2,20,21,22). The van der Waals surface area contributed by atoms with Gasteiger partial charge in [-0.1, -0.05) is 37.3 Å². The molecule has 1 heterocycles. The van der Waals surface area contributed by atoms with Crippen LogP contribution in [0.15, 0.2) is 53.8 Å². The third kappa shape index (κ3) is 4.21. The van der Waals surface area contributed by atoms with Gasteiger partial charge in [-0.15, -0.1) is 0 Å². The molecule has 1 aromatic heterocycles. The second kappa shape index (κ2) is 7.64. The van der Waals surface area contributed by atoms with Gasteiger partial charge in [-0.25, -0.2) is 4.99 Å². The maximum atomic E-state index is 8.90. The third-order valence-electron chi connectivity index (χ3n) is 3.05. The summed E-state index contributed by atoms with van der Waals surface area (Å²) in [5.41, 5.74) is 8.00. The molecule has 0 bridgehead atoms. The highest BCUT2D eigenvalue weighted by Gasteiger charge is 2.09. The molecule has 0 aliphatic heterocycles. The van der Waals surface area contributed by atoms with Crippen molar-refractivity contribution in [3.05, 3.63) is 54.4 Å². The van der Waals surface area contributed by atoms with Crippen molar-refractivity contribution in [3.8, 4) is 6.19 Å². The van der Waals surface area contributed by atoms with Crippen molar-refractivity contribution in [1.29, 1.82) is 5.26 Å². The average Bonchev–Trinajstić information content (AvgIpc) is 2.53. The van der Waals surface area contributed by atoms with Gasteiger partial charge >= 0.3 is 0 Å². The van der Waals surface area contributed by atoms with E-state index < -0.39 is 0 Å². The number of nitrogens with one attached hydrogen (secondary N) is 2. The number of rotatable bonds is 4. The first-order valence-corrected chi connectivity index (χ1v) is 6.98. The van der Waals surface area contributed by atoms with Gasteiger partial charge in [0.15, 0.2) is 6.19 Å². The minimum atomic E-state index is -0.0430. The molecule has 0 saturated carbocycles. The van der Waals surface area contributed by atoms with E-state index in [0.29, 0.717) is 17.3 Å². The molecule has 1 unspecified atom stereocenters. The van der Waals surface area contributed by atoms with Crippen molar-refractivity contribution >= 4 is 17.3 Å². The fourth-order valence-corrected chi connectivity index (χ4v) is 2.04. The van der Waals surface area contributed by atoms with Gasteiger partial charge in [0.2, 0.25) is 5.96 Å². The van der Waals surface area contributed by atoms with Gasteiger partial charge in [0.25, 0.3) is 0 Å². The van der Waals surface area contributed by atoms with E-state index in [-0.39, 0.29) is 6.04 Å². The molecule has 0 aliphatic rings. The quantitative estimate of drug-likeness (QED) is 0.348. The summed E-state index contributed by atoms with van der Waals surface area (Å²) in [6, 6.07) is 11.6. The molecule has 6 heteroatoms. The summed E-state index contributed by atoms with van der Waals surface area (Å²) in [4.78, 5) is 8.58. The number of aliphatic imine (C=N–C) groups is 1. The molecule has 0 fully saturated rings. The fraction of sp³-hybridized carbons (Fsp3) is 0.188. The van der Waals surface area contributed by atoms with Crippen molar-refractivity contribution in [2.45, 2.75) is 19.4 Å². The monoisotopic (exact) mass is 294 g/mol. The highest BCUT2D eigenvalue weighted by molar-refractivity contribution is 5.94. The van der Waals surface area contributed by atoms with Crippen LogP contribution < -0.4 is 16.4 Å². The van der Waals surface area contributed by atoms with E-state index in [0.717, 1.165) is 12.0 Å². The molecular weight excluding hydrogens is 276 g/mol. The minimum absolute atomic E-state index is 0.0430. The topological polar surface area (TPSA) is 99.1 Å². The number of anilines is 2. The lowest BCUT2D eigenvalue weighted by atomic mass is 10.1. The van der Waals surface area contributed by atoms with E-state index in [9.17, 15) is 0 Å². The summed E-state index contributed by atoms with van der Waals surface area (Å²) in [6.07, 6.45) is 5.88. The normalized spacial score (nSPS) is 12.3. The van der Waals surface area contributed by atoms with E-state index >= 15 is 0 Å². The molecule has 4 N–H and O–H groups in total. The molecule has 6 nitrogen and oxygen atoms in total. The van der Waals surface area contributed by atoms with Crippen LogP contribution in [0.1, 0.15) is 24.9 Å². The molecule has 0 saturated heterocycles. The Bertz CT molecular complexity index is 675. The molecule has 2 aromatic rings. The first kappa shape index (κ1) is 15.3. The van der Waals surface area contributed by atoms with Gasteiger partial charge in [0, 0.05) is 6.20 Å². The van der Waals surface area contributed by atoms with Crippen LogP contribution >= 0.6 is 0 Å². The molecule has 2 rings (SSSR count). The molecule has 0 radical (unpaired) electrons. The molecule has 1 atom stereocenters. The van der Waals surface area contributed by atoms with E-state index in [1.54, 1.807) is 18.5 Å². The zero-order valence-corrected chi connectivity index (χ0v) is 12.3. The third-order valence-corrected chi connectivity index (χ3v) is 3.05. The Hall–Kier alpha value is -3.07. The predicted octanol–water partition coefficient (Wildman–Crippen LogP) is 2.65. The molecule has 22 heavy (non-hydrogen) atoms. The zero-order chi connectivity index (χ0) is 15.8. The van der Waals surface area contributed by atoms with Crippen LogP contribution in [0.5, 0.6) is 0 Å². The van der Waals surface area contributed by atoms with Crippen molar-refractivity contribution in [2.75, 3.05) is 11.1 Å². The number of nitriles is 1. The highest BCUT2D eigenvalue weighted by atomic mass is 15.2. The van der Waals surface area contributed by atoms with Gasteiger partial charge in [-0.05, 0) is 18.1 Å². The van der Waals surface area contributed by atoms with Crippen molar-refractivity contribution in [2.24, 2.45) is 4.99 Å². The Balaban J connectivity index is 2.24. The maximum absolute atomic E-state index is 8.90. The van der Waals surface area contributed by atoms with E-state index in [4.69, 9.17) is 11.0 Å². The van der Waals surface area contributed by atoms with Crippen LogP contribution in [0.3, 0.4) is 0 Å². The second-order valence-corrected chi connectivity index (χ2v) is 4.68. The molecule has 1 aromatic carbocycles. The Morgan fingerprint density at radius 1 is 1.36 bits per heavy atom. The number of nitrogen functional groups attached to an aromatic ring is 1. The number of hydrogen-bond donors (Lipinski definition) is 3. The first-order valence-electron chi connectivity index (χ1n) is 6.98. The van der Waals surface area contributed by atoms with Crippen LogP contribution in [0, 0.1) is 11.5 Å². The minimum Gasteiger partial charge on any atom is -0.397 e. The molecule has 0 amide bonds. The van der Waals surface area contributed by atoms with Crippen LogP contribution in [-0.2, 0) is 0 Å². The van der Waals surface area contributed by atoms with Gasteiger partial charge in [-0.2, -0.15) is 5.26 Å². The molecule has 0 spiro atoms. The lowest BCUT2D eigenvalue weighted by molar-refractivity contribution is 0.698. The van der Waals surface area contributed by atoms with Gasteiger partial charge in [-0.3, -0.25) is 10.3 Å². The lowest BCUT2D eigenvalue weighted by Gasteiger charge is -2.14. The highest BCUT2D eigenvalue weighted by Crippen LogP contribution is 2.21. The lowest BCUT2D eigenvalue weighted by Crippen LogP contribution is -2.27. The van der Waals surface area contributed by atoms with Gasteiger partial charge < -0.3 is 11.1 Å². The summed E-state index contributed by atoms with van der Waals surface area (Å²) in [5, 5.41) is 14.5. The Labute approximate surface area is 129 Å². The number of aromatic nitrogens is 1. The van der Waals surface area contributed by atoms with Crippen molar-refractivity contribution in [1.82, 2.24) is 10.3 Å². The number of benzene rings is 1. The SMILES string of the molecule is CCC(N=C(NC#N)Nc1cncc(N)c1)c1ccccc1. The largest absolute Gasteiger partial charge is 0.397 e. The van der Waals surface area contributed by atoms with E-state index in [1.165, 1.54) is 0 Å². The van der Waals surface area contributed by atoms with Crippen LogP contribution in [0.2, 0.25) is 0 Å². The first-order chi connectivity index (χ1) is 10.7. The Morgan fingerprint density at radius 2 is 2.14 bits per heavy atom. The summed E-state index contributed by atoms with van der Waals surface area (Å²) in [7, 11) is 0. The summed E-state index contributed by atoms with van der Waals surface area (Å²) >= 11 is 0. The number of hydrogen-bond acceptors (Lipinski definition) is 4. The predicted molar refractivity (Wildman–Crippen MR) is 87.9 cm³/mol. The van der Waals surface area contributed by atoms with Crippen LogP contribution in [0.4, 0.5) is 11.4 Å². The summed E-state index contributed by atoms with van der Waals surface area (Å²) in [5.74, 6) is 0.366. The average molecular weight is 294 g/mol. The number of guanidine groups is 1. The van der Waals surface area contributed by atoms with Crippen LogP contribution in [0.25, 0.3) is 0 Å². The summed E-state index contributed by atoms with van der Waals surface area (Å²) < 4.78 is 0. The molecule has 112 valence electrons. The van der Waals surface area contributed by atoms with Crippen LogP contribution in [-0.4, -0.2) is 10.9 Å². The molecule has 0 aliphatic carbocycles. The number of nitrogens with zero attached hydrogens (tertiary/aromatic N) is 3. The fourth-order valence-electron chi connectivity index (χ4n) is 2.04. The second-order valence-electron chi connectivity index (χ2n) is 4.68. The van der Waals surface area contributed by atoms with Gasteiger partial charge in [0.05, 0.1) is 23.6 Å². The Kier molecular flexibility index (Phi) is 5.32. The van der Waals surface area contributed by atoms with E-state index in [1.807, 2.05) is 43.4 Å². The summed E-state index contributed by atoms with van der Waals surface area (Å²) in [6.45, 7) is 2.05. The van der Waals surface area contributed by atoms with E-state index in [2.05, 4.69) is 20.6 Å². The number of pyridine rings is 1. The smallest absolute Gasteiger partial charge is 0.209 e. The van der Waals surface area contributed by atoms with Crippen molar-refractivity contribution < 1.29 is 0 Å². The zero-order valence-electron chi connectivity index (χ0n) is 12.3. The van der Waals surface area contributed by atoms with Gasteiger partial charge in [0.1, 0.15) is 0 Å². The Morgan fingerprint density at radius 3 is 2.77 bits per heavy atom.